The number of thiol groups is 1. The summed E-state index contributed by atoms with van der Waals surface area (Å²) in [5.74, 6) is 0. The molecule has 0 amide bonds. The molecular weight excluding hydrogens is 166 g/mol. The van der Waals surface area contributed by atoms with E-state index in [0.29, 0.717) is 0 Å². The van der Waals surface area contributed by atoms with Crippen molar-refractivity contribution in [1.29, 1.82) is 0 Å². The number of hydrogen-bond acceptors (Lipinski definition) is 2. The Kier molecular flexibility index (Phi) is 8.29. The van der Waals surface area contributed by atoms with Crippen LogP contribution in [0.5, 0.6) is 0 Å². The molecule has 0 aliphatic rings. The fourth-order valence-corrected chi connectivity index (χ4v) is 0.804. The van der Waals surface area contributed by atoms with Crippen LogP contribution in [-0.2, 0) is 0 Å². The first-order valence-corrected chi connectivity index (χ1v) is 4.70. The molecule has 0 saturated heterocycles. The van der Waals surface area contributed by atoms with Crippen LogP contribution in [-0.4, -0.2) is 6.54 Å². The van der Waals surface area contributed by atoms with E-state index >= 15 is 0 Å². The molecule has 0 aliphatic carbocycles. The molecule has 0 radical (unpaired) electrons. The van der Waals surface area contributed by atoms with Crippen molar-refractivity contribution >= 4 is 12.6 Å². The Morgan fingerprint density at radius 1 is 1.25 bits per heavy atom. The number of benzene rings is 1. The highest BCUT2D eigenvalue weighted by Gasteiger charge is 1.73. The quantitative estimate of drug-likeness (QED) is 0.677. The fraction of sp³-hybridized carbons (Fsp3) is 0.400. The van der Waals surface area contributed by atoms with E-state index < -0.39 is 0 Å². The summed E-state index contributed by atoms with van der Waals surface area (Å²) in [5.41, 5.74) is 5.14. The second kappa shape index (κ2) is 8.62. The normalized spacial score (nSPS) is 8.58. The summed E-state index contributed by atoms with van der Waals surface area (Å²) in [4.78, 5) is 1.02. The topological polar surface area (TPSA) is 26.0 Å². The second-order valence-electron chi connectivity index (χ2n) is 2.48. The smallest absolute Gasteiger partial charge is 0.00399 e. The summed E-state index contributed by atoms with van der Waals surface area (Å²) in [6.45, 7) is 2.98. The zero-order chi connectivity index (χ0) is 9.23. The maximum Gasteiger partial charge on any atom is 0.00399 e. The van der Waals surface area contributed by atoms with Gasteiger partial charge in [-0.1, -0.05) is 31.5 Å². The van der Waals surface area contributed by atoms with Crippen molar-refractivity contribution in [3.05, 3.63) is 30.3 Å². The monoisotopic (exact) mass is 183 g/mol. The minimum atomic E-state index is 0.844. The third kappa shape index (κ3) is 7.63. The number of hydrogen-bond donors (Lipinski definition) is 2. The Balaban J connectivity index is 0.000000217. The molecule has 1 aromatic carbocycles. The first-order valence-electron chi connectivity index (χ1n) is 4.25. The van der Waals surface area contributed by atoms with Gasteiger partial charge in [-0.3, -0.25) is 0 Å². The highest BCUT2D eigenvalue weighted by atomic mass is 32.1. The van der Waals surface area contributed by atoms with Crippen molar-refractivity contribution in [3.8, 4) is 0 Å². The molecule has 1 nitrogen and oxygen atoms in total. The number of nitrogens with two attached hydrogens (primary N) is 1. The Morgan fingerprint density at radius 2 is 1.83 bits per heavy atom. The van der Waals surface area contributed by atoms with Gasteiger partial charge in [-0.25, -0.2) is 0 Å². The fourth-order valence-electron chi connectivity index (χ4n) is 0.632. The van der Waals surface area contributed by atoms with Crippen molar-refractivity contribution in [2.75, 3.05) is 6.54 Å². The number of rotatable bonds is 2. The molecule has 68 valence electrons. The van der Waals surface area contributed by atoms with Crippen molar-refractivity contribution in [2.24, 2.45) is 5.73 Å². The van der Waals surface area contributed by atoms with Crippen LogP contribution >= 0.6 is 12.6 Å². The molecule has 0 fully saturated rings. The van der Waals surface area contributed by atoms with E-state index in [1.807, 2.05) is 30.3 Å². The maximum absolute atomic E-state index is 5.14. The molecule has 0 saturated carbocycles. The van der Waals surface area contributed by atoms with Gasteiger partial charge in [0.2, 0.25) is 0 Å². The second-order valence-corrected chi connectivity index (χ2v) is 2.99. The van der Waals surface area contributed by atoms with Crippen molar-refractivity contribution in [2.45, 2.75) is 24.7 Å². The molecule has 2 N–H and O–H groups in total. The summed E-state index contributed by atoms with van der Waals surface area (Å²) in [6, 6.07) is 9.79. The van der Waals surface area contributed by atoms with Crippen LogP contribution in [0.4, 0.5) is 0 Å². The zero-order valence-electron chi connectivity index (χ0n) is 7.53. The molecule has 0 aliphatic heterocycles. The average molecular weight is 183 g/mol. The molecule has 2 heteroatoms. The van der Waals surface area contributed by atoms with Gasteiger partial charge in [0.05, 0.1) is 0 Å². The molecule has 0 aromatic heterocycles. The first kappa shape index (κ1) is 11.5. The molecular formula is C10H17NS. The molecule has 12 heavy (non-hydrogen) atoms. The summed E-state index contributed by atoms with van der Waals surface area (Å²) in [5, 5.41) is 0. The summed E-state index contributed by atoms with van der Waals surface area (Å²) >= 11 is 4.08. The largest absolute Gasteiger partial charge is 0.330 e. The Morgan fingerprint density at radius 3 is 2.00 bits per heavy atom. The van der Waals surface area contributed by atoms with Crippen LogP contribution in [0.3, 0.4) is 0 Å². The van der Waals surface area contributed by atoms with E-state index in [9.17, 15) is 0 Å². The summed E-state index contributed by atoms with van der Waals surface area (Å²) < 4.78 is 0. The van der Waals surface area contributed by atoms with E-state index in [0.717, 1.165) is 11.4 Å². The first-order chi connectivity index (χ1) is 5.81. The van der Waals surface area contributed by atoms with E-state index in [-0.39, 0.29) is 0 Å². The third-order valence-corrected chi connectivity index (χ3v) is 1.61. The van der Waals surface area contributed by atoms with Crippen molar-refractivity contribution in [3.63, 3.8) is 0 Å². The van der Waals surface area contributed by atoms with Gasteiger partial charge in [0.25, 0.3) is 0 Å². The van der Waals surface area contributed by atoms with Gasteiger partial charge in [0.1, 0.15) is 0 Å². The number of unbranched alkanes of at least 4 members (excludes halogenated alkanes) is 1. The van der Waals surface area contributed by atoms with Gasteiger partial charge < -0.3 is 5.73 Å². The summed E-state index contributed by atoms with van der Waals surface area (Å²) in [6.07, 6.45) is 2.39. The van der Waals surface area contributed by atoms with Gasteiger partial charge in [0.15, 0.2) is 0 Å². The van der Waals surface area contributed by atoms with Gasteiger partial charge in [-0.15, -0.1) is 12.6 Å². The third-order valence-electron chi connectivity index (χ3n) is 1.31. The van der Waals surface area contributed by atoms with E-state index in [2.05, 4.69) is 19.6 Å². The van der Waals surface area contributed by atoms with E-state index in [1.54, 1.807) is 0 Å². The predicted molar refractivity (Wildman–Crippen MR) is 57.7 cm³/mol. The molecule has 0 spiro atoms. The lowest BCUT2D eigenvalue weighted by Gasteiger charge is -1.81. The molecule has 0 atom stereocenters. The Hall–Kier alpha value is -0.470. The van der Waals surface area contributed by atoms with Gasteiger partial charge in [-0.05, 0) is 25.1 Å². The van der Waals surface area contributed by atoms with E-state index in [4.69, 9.17) is 5.73 Å². The standard InChI is InChI=1S/C6H6S.C4H11N/c7-6-4-2-1-3-5-6;1-2-3-4-5/h1-5,7H;2-5H2,1H3. The van der Waals surface area contributed by atoms with Gasteiger partial charge in [0, 0.05) is 4.90 Å². The Bertz CT molecular complexity index is 172. The lowest BCUT2D eigenvalue weighted by atomic mass is 10.3. The van der Waals surface area contributed by atoms with Crippen LogP contribution in [0.15, 0.2) is 35.2 Å². The van der Waals surface area contributed by atoms with Gasteiger partial charge >= 0.3 is 0 Å². The van der Waals surface area contributed by atoms with Crippen LogP contribution < -0.4 is 5.73 Å². The van der Waals surface area contributed by atoms with Crippen LogP contribution in [0, 0.1) is 0 Å². The predicted octanol–water partition coefficient (Wildman–Crippen LogP) is 2.72. The molecule has 1 rings (SSSR count). The van der Waals surface area contributed by atoms with Crippen LogP contribution in [0.1, 0.15) is 19.8 Å². The van der Waals surface area contributed by atoms with Crippen LogP contribution in [0.2, 0.25) is 0 Å². The average Bonchev–Trinajstić information content (AvgIpc) is 2.08. The molecule has 0 bridgehead atoms. The minimum Gasteiger partial charge on any atom is -0.330 e. The molecule has 0 heterocycles. The van der Waals surface area contributed by atoms with E-state index in [1.165, 1.54) is 12.8 Å². The highest BCUT2D eigenvalue weighted by Crippen LogP contribution is 2.00. The van der Waals surface area contributed by atoms with Crippen molar-refractivity contribution < 1.29 is 0 Å². The maximum atomic E-state index is 5.14. The lowest BCUT2D eigenvalue weighted by Crippen LogP contribution is -1.95. The van der Waals surface area contributed by atoms with Gasteiger partial charge in [-0.2, -0.15) is 0 Å². The van der Waals surface area contributed by atoms with Crippen molar-refractivity contribution in [1.82, 2.24) is 0 Å². The van der Waals surface area contributed by atoms with Crippen LogP contribution in [0.25, 0.3) is 0 Å². The highest BCUT2D eigenvalue weighted by molar-refractivity contribution is 7.80. The zero-order valence-corrected chi connectivity index (χ0v) is 8.43. The molecule has 1 aromatic rings. The SMILES string of the molecule is CCCCN.Sc1ccccc1. The minimum absolute atomic E-state index is 0.844. The lowest BCUT2D eigenvalue weighted by molar-refractivity contribution is 0.807. The molecule has 0 unspecified atom stereocenters. The summed E-state index contributed by atoms with van der Waals surface area (Å²) in [7, 11) is 0. The Labute approximate surface area is 80.4 Å².